The Morgan fingerprint density at radius 1 is 0.955 bits per heavy atom. The van der Waals surface area contributed by atoms with Crippen molar-refractivity contribution in [2.75, 3.05) is 16.8 Å². The van der Waals surface area contributed by atoms with Crippen molar-refractivity contribution in [3.05, 3.63) is 87.4 Å². The van der Waals surface area contributed by atoms with E-state index in [1.54, 1.807) is 0 Å². The Balaban J connectivity index is 1.72. The van der Waals surface area contributed by atoms with Crippen molar-refractivity contribution < 1.29 is 58.2 Å². The summed E-state index contributed by atoms with van der Waals surface area (Å²) >= 11 is 2.68. The fourth-order valence-electron chi connectivity index (χ4n) is 4.32. The van der Waals surface area contributed by atoms with E-state index in [0.717, 1.165) is 35.9 Å². The first-order chi connectivity index (χ1) is 20.5. The Morgan fingerprint density at radius 2 is 1.57 bits per heavy atom. The van der Waals surface area contributed by atoms with Crippen molar-refractivity contribution in [2.24, 2.45) is 5.92 Å². The van der Waals surface area contributed by atoms with Gasteiger partial charge in [0.25, 0.3) is 11.8 Å². The van der Waals surface area contributed by atoms with Crippen molar-refractivity contribution >= 4 is 39.1 Å². The largest absolute Gasteiger partial charge is 0.433 e. The summed E-state index contributed by atoms with van der Waals surface area (Å²) in [5.74, 6) is -9.29. The zero-order valence-electron chi connectivity index (χ0n) is 21.9. The van der Waals surface area contributed by atoms with Crippen molar-refractivity contribution in [3.8, 4) is 5.75 Å². The number of ether oxygens (including phenoxy) is 1. The Labute approximate surface area is 250 Å². The van der Waals surface area contributed by atoms with Gasteiger partial charge in [-0.3, -0.25) is 9.59 Å². The van der Waals surface area contributed by atoms with Crippen LogP contribution in [0.15, 0.2) is 59.1 Å². The summed E-state index contributed by atoms with van der Waals surface area (Å²) in [6.45, 7) is -3.70. The molecule has 0 atom stereocenters. The Hall–Kier alpha value is -3.82. The predicted octanol–water partition coefficient (Wildman–Crippen LogP) is 8.85. The Kier molecular flexibility index (Phi) is 9.51. The number of halogens is 11. The highest BCUT2D eigenvalue weighted by atomic mass is 79.9. The number of hydrogen-bond acceptors (Lipinski definition) is 3. The number of carbonyl (C=O) groups excluding carboxylic acids is 2. The van der Waals surface area contributed by atoms with Gasteiger partial charge in [-0.05, 0) is 88.8 Å². The molecule has 0 saturated heterocycles. The zero-order chi connectivity index (χ0) is 32.6. The van der Waals surface area contributed by atoms with Gasteiger partial charge in [0, 0.05) is 16.6 Å². The average Bonchev–Trinajstić information content (AvgIpc) is 3.72. The highest BCUT2D eigenvalue weighted by Crippen LogP contribution is 2.49. The fourth-order valence-corrected chi connectivity index (χ4v) is 4.88. The lowest BCUT2D eigenvalue weighted by Crippen LogP contribution is -2.34. The number of nitrogens with zero attached hydrogens (tertiary/aromatic N) is 1. The van der Waals surface area contributed by atoms with Crippen molar-refractivity contribution in [1.82, 2.24) is 0 Å². The summed E-state index contributed by atoms with van der Waals surface area (Å²) in [6, 6.07) is 8.09. The second kappa shape index (κ2) is 12.7. The lowest BCUT2D eigenvalue weighted by Gasteiger charge is -2.25. The molecule has 236 valence electrons. The van der Waals surface area contributed by atoms with Gasteiger partial charge in [-0.25, -0.2) is 8.78 Å². The minimum Gasteiger partial charge on any atom is -0.433 e. The minimum absolute atomic E-state index is 0.00938. The van der Waals surface area contributed by atoms with Crippen LogP contribution in [0, 0.1) is 17.6 Å². The lowest BCUT2D eigenvalue weighted by molar-refractivity contribution is -0.253. The molecule has 0 heterocycles. The molecule has 0 bridgehead atoms. The number of alkyl halides is 8. The highest BCUT2D eigenvalue weighted by Gasteiger charge is 2.57. The second-order valence-electron chi connectivity index (χ2n) is 9.73. The molecule has 1 N–H and O–H groups in total. The van der Waals surface area contributed by atoms with E-state index in [1.165, 1.54) is 24.3 Å². The molecule has 0 aromatic heterocycles. The third-order valence-electron chi connectivity index (χ3n) is 6.51. The molecule has 44 heavy (non-hydrogen) atoms. The van der Waals surface area contributed by atoms with Crippen molar-refractivity contribution in [3.63, 3.8) is 0 Å². The van der Waals surface area contributed by atoms with Gasteiger partial charge in [-0.1, -0.05) is 6.07 Å². The number of benzene rings is 3. The number of carbonyl (C=O) groups is 2. The first-order valence-corrected chi connectivity index (χ1v) is 13.4. The quantitative estimate of drug-likeness (QED) is 0.227. The number of nitrogens with one attached hydrogen (secondary N) is 1. The van der Waals surface area contributed by atoms with E-state index in [-0.39, 0.29) is 29.8 Å². The first kappa shape index (κ1) is 33.1. The Morgan fingerprint density at radius 3 is 2.11 bits per heavy atom. The van der Waals surface area contributed by atoms with E-state index in [1.807, 2.05) is 5.32 Å². The van der Waals surface area contributed by atoms with E-state index in [4.69, 9.17) is 0 Å². The lowest BCUT2D eigenvalue weighted by atomic mass is 9.97. The number of hydrogen-bond donors (Lipinski definition) is 1. The van der Waals surface area contributed by atoms with Gasteiger partial charge < -0.3 is 15.0 Å². The summed E-state index contributed by atoms with van der Waals surface area (Å²) in [7, 11) is 0. The number of rotatable bonds is 9. The van der Waals surface area contributed by atoms with Crippen LogP contribution in [0.2, 0.25) is 0 Å². The molecule has 16 heteroatoms. The van der Waals surface area contributed by atoms with Gasteiger partial charge in [0.15, 0.2) is 17.5 Å². The van der Waals surface area contributed by atoms with Crippen molar-refractivity contribution in [1.29, 1.82) is 0 Å². The maximum absolute atomic E-state index is 15.8. The van der Waals surface area contributed by atoms with E-state index >= 15 is 4.39 Å². The molecule has 2 amide bonds. The molecular formula is C28H19BrF10N2O3. The molecular weight excluding hydrogens is 682 g/mol. The predicted molar refractivity (Wildman–Crippen MR) is 141 cm³/mol. The summed E-state index contributed by atoms with van der Waals surface area (Å²) < 4.78 is 139. The molecule has 5 nitrogen and oxygen atoms in total. The van der Waals surface area contributed by atoms with E-state index < -0.39 is 75.4 Å². The zero-order valence-corrected chi connectivity index (χ0v) is 23.5. The molecule has 1 aliphatic rings. The van der Waals surface area contributed by atoms with Gasteiger partial charge in [0.2, 0.25) is 0 Å². The monoisotopic (exact) mass is 700 g/mol. The molecule has 1 aliphatic carbocycles. The van der Waals surface area contributed by atoms with Gasteiger partial charge in [0.05, 0.1) is 16.9 Å². The highest BCUT2D eigenvalue weighted by molar-refractivity contribution is 9.10. The van der Waals surface area contributed by atoms with Crippen LogP contribution < -0.4 is 15.0 Å². The topological polar surface area (TPSA) is 58.6 Å². The molecule has 3 aromatic rings. The molecule has 0 spiro atoms. The number of amides is 2. The van der Waals surface area contributed by atoms with Crippen LogP contribution in [0.3, 0.4) is 0 Å². The molecule has 1 fully saturated rings. The Bertz CT molecular complexity index is 1530. The van der Waals surface area contributed by atoms with Gasteiger partial charge in [-0.2, -0.15) is 35.1 Å². The third-order valence-corrected chi connectivity index (χ3v) is 7.13. The summed E-state index contributed by atoms with van der Waals surface area (Å²) in [4.78, 5) is 27.4. The van der Waals surface area contributed by atoms with Crippen LogP contribution in [0.25, 0.3) is 0 Å². The van der Waals surface area contributed by atoms with E-state index in [2.05, 4.69) is 20.7 Å². The molecule has 0 radical (unpaired) electrons. The van der Waals surface area contributed by atoms with Crippen LogP contribution in [-0.2, 0) is 0 Å². The van der Waals surface area contributed by atoms with Gasteiger partial charge in [0.1, 0.15) is 5.82 Å². The van der Waals surface area contributed by atoms with E-state index in [0.29, 0.717) is 6.07 Å². The number of anilines is 2. The molecule has 4 rings (SSSR count). The average molecular weight is 701 g/mol. The summed E-state index contributed by atoms with van der Waals surface area (Å²) in [6.07, 6.45) is -10.3. The van der Waals surface area contributed by atoms with Crippen LogP contribution in [0.4, 0.5) is 55.3 Å². The summed E-state index contributed by atoms with van der Waals surface area (Å²) in [5.41, 5.74) is -3.44. The van der Waals surface area contributed by atoms with Crippen LogP contribution in [-0.4, -0.2) is 37.3 Å². The van der Waals surface area contributed by atoms with Gasteiger partial charge in [-0.15, -0.1) is 0 Å². The van der Waals surface area contributed by atoms with E-state index in [9.17, 15) is 49.1 Å². The normalized spacial score (nSPS) is 13.8. The van der Waals surface area contributed by atoms with Gasteiger partial charge >= 0.3 is 19.0 Å². The van der Waals surface area contributed by atoms with Crippen LogP contribution in [0.5, 0.6) is 5.75 Å². The smallest absolute Gasteiger partial charge is 0.404 e. The summed E-state index contributed by atoms with van der Waals surface area (Å²) in [5, 5.41) is 1.98. The molecule has 3 aromatic carbocycles. The van der Waals surface area contributed by atoms with Crippen molar-refractivity contribution in [2.45, 2.75) is 37.7 Å². The third kappa shape index (κ3) is 7.63. The SMILES string of the molecule is O=C(Nc1c(Br)cc(C(C(F)(F)F)C(F)(F)F)cc1OC(F)F)c1cccc(N(CC2CC2)C(=O)c2ccc(F)cc2)c1F. The maximum Gasteiger partial charge on any atom is 0.404 e. The fraction of sp³-hybridized carbons (Fsp3) is 0.286. The van der Waals surface area contributed by atoms with Crippen LogP contribution >= 0.6 is 15.9 Å². The second-order valence-corrected chi connectivity index (χ2v) is 10.6. The molecule has 1 saturated carbocycles. The van der Waals surface area contributed by atoms with Crippen LogP contribution in [0.1, 0.15) is 45.0 Å². The standard InChI is InChI=1S/C28H19BrF10N2O3/c29-18-10-15(23(27(34,35)36)28(37,38)39)11-20(44-26(32)33)22(18)40-24(42)17-2-1-3-19(21(17)31)41(12-13-4-5-13)25(43)14-6-8-16(30)9-7-14/h1-3,6-11,13,23,26H,4-5,12H2,(H,40,42). The first-order valence-electron chi connectivity index (χ1n) is 12.6. The molecule has 0 aliphatic heterocycles. The minimum atomic E-state index is -5.87. The molecule has 0 unspecified atom stereocenters. The maximum atomic E-state index is 15.8.